The first-order valence-corrected chi connectivity index (χ1v) is 12.5. The molecular weight excluding hydrogens is 540 g/mol. The number of benzene rings is 3. The van der Waals surface area contributed by atoms with Crippen LogP contribution in [0.4, 0.5) is 0 Å². The van der Waals surface area contributed by atoms with Gasteiger partial charge < -0.3 is 44.5 Å². The maximum atomic E-state index is 13.1. The Labute approximate surface area is 232 Å². The summed E-state index contributed by atoms with van der Waals surface area (Å²) in [6, 6.07) is 13.7. The number of ketones is 1. The lowest BCUT2D eigenvalue weighted by Crippen LogP contribution is -2.60. The van der Waals surface area contributed by atoms with Gasteiger partial charge in [0, 0.05) is 16.3 Å². The van der Waals surface area contributed by atoms with Gasteiger partial charge in [0.1, 0.15) is 37.4 Å². The van der Waals surface area contributed by atoms with Crippen LogP contribution in [0.15, 0.2) is 54.3 Å². The summed E-state index contributed by atoms with van der Waals surface area (Å²) in [6.07, 6.45) is -7.90. The van der Waals surface area contributed by atoms with Crippen LogP contribution < -0.4 is 4.74 Å². The number of carbonyl (C=O) groups excluding carboxylic acids is 2. The lowest BCUT2D eigenvalue weighted by Gasteiger charge is -2.40. The van der Waals surface area contributed by atoms with E-state index in [-0.39, 0.29) is 22.8 Å². The number of methoxy groups -OCH3 is 1. The number of aliphatic hydroxyl groups is 3. The normalized spacial score (nSPS) is 23.6. The van der Waals surface area contributed by atoms with Crippen molar-refractivity contribution >= 4 is 34.6 Å². The number of phenolic OH excluding ortho intramolecular Hbond substituents is 1. The molecule has 0 unspecified atom stereocenters. The maximum Gasteiger partial charge on any atom is 0.317 e. The van der Waals surface area contributed by atoms with Crippen molar-refractivity contribution in [1.82, 2.24) is 0 Å². The van der Waals surface area contributed by atoms with Gasteiger partial charge in [-0.3, -0.25) is 14.4 Å². The fourth-order valence-corrected chi connectivity index (χ4v) is 4.94. The average molecular weight is 567 g/mol. The molecule has 0 aromatic heterocycles. The maximum absolute atomic E-state index is 13.1. The molecule has 5 rings (SSSR count). The number of hydrogen-bond acceptors (Lipinski definition) is 11. The molecule has 41 heavy (non-hydrogen) atoms. The Balaban J connectivity index is 1.58. The third-order valence-corrected chi connectivity index (χ3v) is 6.91. The molecule has 2 aliphatic rings. The summed E-state index contributed by atoms with van der Waals surface area (Å²) in [6.45, 7) is -0.652. The van der Waals surface area contributed by atoms with E-state index in [2.05, 4.69) is 0 Å². The van der Waals surface area contributed by atoms with Gasteiger partial charge in [-0.15, -0.1) is 0 Å². The zero-order chi connectivity index (χ0) is 29.4. The van der Waals surface area contributed by atoms with Crippen LogP contribution in [0.5, 0.6) is 11.5 Å². The molecule has 1 aliphatic heterocycles. The minimum Gasteiger partial charge on any atom is -0.504 e. The Bertz CT molecular complexity index is 1550. The van der Waals surface area contributed by atoms with E-state index in [1.165, 1.54) is 19.3 Å². The molecule has 5 atom stereocenters. The largest absolute Gasteiger partial charge is 0.504 e. The van der Waals surface area contributed by atoms with Gasteiger partial charge in [-0.25, -0.2) is 0 Å². The number of carboxylic acid groups (broad SMARTS) is 1. The quantitative estimate of drug-likeness (QED) is 0.196. The van der Waals surface area contributed by atoms with Crippen molar-refractivity contribution in [2.24, 2.45) is 0 Å². The highest BCUT2D eigenvalue weighted by Gasteiger charge is 2.46. The van der Waals surface area contributed by atoms with E-state index < -0.39 is 61.5 Å². The molecule has 0 radical (unpaired) electrons. The topological polar surface area (TPSA) is 189 Å². The third kappa shape index (κ3) is 5.21. The summed E-state index contributed by atoms with van der Waals surface area (Å²) in [5, 5.41) is 52.2. The van der Waals surface area contributed by atoms with Crippen LogP contribution in [-0.2, 0) is 23.8 Å². The van der Waals surface area contributed by atoms with E-state index >= 15 is 0 Å². The fraction of sp³-hybridized carbons (Fsp3) is 0.276. The monoisotopic (exact) mass is 566 g/mol. The SMILES string of the molecule is COC1=Cc2cc(O)c(O[C@@H]3O[C@H](COC(=O)CC(=O)O)[C@@H](O)[C@H](O)[C@H]3O)c3c(-c4ccccc4)ccc(c23)C1=O. The predicted octanol–water partition coefficient (Wildman–Crippen LogP) is 1.60. The highest BCUT2D eigenvalue weighted by molar-refractivity contribution is 6.25. The molecule has 1 saturated heterocycles. The first-order chi connectivity index (χ1) is 19.6. The number of hydrogen-bond donors (Lipinski definition) is 5. The summed E-state index contributed by atoms with van der Waals surface area (Å²) in [5.41, 5.74) is 2.04. The van der Waals surface area contributed by atoms with Crippen LogP contribution >= 0.6 is 0 Å². The molecule has 1 aliphatic carbocycles. The Morgan fingerprint density at radius 2 is 1.66 bits per heavy atom. The lowest BCUT2D eigenvalue weighted by atomic mass is 9.86. The van der Waals surface area contributed by atoms with Gasteiger partial charge in [-0.2, -0.15) is 0 Å². The standard InChI is InChI=1S/C29H26O12/c1-38-18-10-14-9-17(30)28(23-15(13-5-3-2-4-6-13)7-8-16(22(14)23)24(18)34)41-29-27(37)26(36)25(35)19(40-29)12-39-21(33)11-20(31)32/h2-10,19,25-27,29-30,35-37H,11-12H2,1H3,(H,31,32)/t19-,25-,26+,27-,29+/m1/s1. The summed E-state index contributed by atoms with van der Waals surface area (Å²) < 4.78 is 21.7. The summed E-state index contributed by atoms with van der Waals surface area (Å²) in [5.74, 6) is -3.41. The number of allylic oxidation sites excluding steroid dienone is 1. The first-order valence-electron chi connectivity index (χ1n) is 12.5. The van der Waals surface area contributed by atoms with Crippen molar-refractivity contribution in [3.63, 3.8) is 0 Å². The van der Waals surface area contributed by atoms with E-state index in [0.717, 1.165) is 5.56 Å². The van der Waals surface area contributed by atoms with Crippen LogP contribution in [0.3, 0.4) is 0 Å². The van der Waals surface area contributed by atoms with Crippen LogP contribution in [-0.4, -0.2) is 87.7 Å². The molecule has 3 aromatic carbocycles. The molecule has 3 aromatic rings. The first kappa shape index (κ1) is 28.1. The number of carbonyl (C=O) groups is 3. The van der Waals surface area contributed by atoms with Crippen molar-refractivity contribution in [2.45, 2.75) is 37.1 Å². The zero-order valence-electron chi connectivity index (χ0n) is 21.6. The van der Waals surface area contributed by atoms with Crippen LogP contribution in [0, 0.1) is 0 Å². The highest BCUT2D eigenvalue weighted by Crippen LogP contribution is 2.47. The molecule has 1 fully saturated rings. The number of carboxylic acids is 1. The molecular formula is C29H26O12. The molecule has 0 bridgehead atoms. The second-order valence-corrected chi connectivity index (χ2v) is 9.52. The molecule has 0 spiro atoms. The lowest BCUT2D eigenvalue weighted by molar-refractivity contribution is -0.278. The molecule has 0 amide bonds. The van der Waals surface area contributed by atoms with Gasteiger partial charge in [0.15, 0.2) is 17.3 Å². The number of rotatable bonds is 8. The van der Waals surface area contributed by atoms with E-state index in [9.17, 15) is 34.8 Å². The van der Waals surface area contributed by atoms with Crippen molar-refractivity contribution in [2.75, 3.05) is 13.7 Å². The van der Waals surface area contributed by atoms with Crippen molar-refractivity contribution in [1.29, 1.82) is 0 Å². The summed E-state index contributed by atoms with van der Waals surface area (Å²) in [7, 11) is 1.36. The van der Waals surface area contributed by atoms with Crippen LogP contribution in [0.2, 0.25) is 0 Å². The molecule has 12 nitrogen and oxygen atoms in total. The number of ether oxygens (including phenoxy) is 4. The summed E-state index contributed by atoms with van der Waals surface area (Å²) in [4.78, 5) is 35.6. The minimum absolute atomic E-state index is 0.0720. The molecule has 12 heteroatoms. The second kappa shape index (κ2) is 11.2. The van der Waals surface area contributed by atoms with Gasteiger partial charge in [-0.1, -0.05) is 36.4 Å². The van der Waals surface area contributed by atoms with Gasteiger partial charge in [-0.05, 0) is 34.9 Å². The number of aliphatic hydroxyl groups excluding tert-OH is 3. The van der Waals surface area contributed by atoms with E-state index in [1.807, 2.05) is 18.2 Å². The predicted molar refractivity (Wildman–Crippen MR) is 141 cm³/mol. The highest BCUT2D eigenvalue weighted by atomic mass is 16.7. The Morgan fingerprint density at radius 3 is 2.34 bits per heavy atom. The van der Waals surface area contributed by atoms with Gasteiger partial charge in [0.2, 0.25) is 12.1 Å². The number of aliphatic carboxylic acids is 1. The second-order valence-electron chi connectivity index (χ2n) is 9.52. The van der Waals surface area contributed by atoms with Crippen molar-refractivity contribution < 1.29 is 58.9 Å². The molecule has 0 saturated carbocycles. The Hall–Kier alpha value is -4.49. The van der Waals surface area contributed by atoms with Gasteiger partial charge in [0.25, 0.3) is 0 Å². The third-order valence-electron chi connectivity index (χ3n) is 6.91. The minimum atomic E-state index is -1.82. The van der Waals surface area contributed by atoms with Crippen LogP contribution in [0.25, 0.3) is 28.0 Å². The number of phenols is 1. The molecule has 5 N–H and O–H groups in total. The van der Waals surface area contributed by atoms with Gasteiger partial charge >= 0.3 is 11.9 Å². The Morgan fingerprint density at radius 1 is 0.951 bits per heavy atom. The van der Waals surface area contributed by atoms with Crippen molar-refractivity contribution in [3.8, 4) is 22.6 Å². The fourth-order valence-electron chi connectivity index (χ4n) is 4.94. The summed E-state index contributed by atoms with van der Waals surface area (Å²) >= 11 is 0. The van der Waals surface area contributed by atoms with Crippen molar-refractivity contribution in [3.05, 3.63) is 65.4 Å². The van der Waals surface area contributed by atoms with Crippen LogP contribution in [0.1, 0.15) is 22.3 Å². The smallest absolute Gasteiger partial charge is 0.317 e. The van der Waals surface area contributed by atoms with E-state index in [0.29, 0.717) is 21.9 Å². The Kier molecular flexibility index (Phi) is 7.65. The molecule has 1 heterocycles. The number of aromatic hydroxyl groups is 1. The number of Topliss-reactive ketones (excluding diaryl/α,β-unsaturated/α-hetero) is 1. The molecule has 214 valence electrons. The van der Waals surface area contributed by atoms with E-state index in [1.54, 1.807) is 24.3 Å². The van der Waals surface area contributed by atoms with E-state index in [4.69, 9.17) is 24.1 Å². The average Bonchev–Trinajstić information content (AvgIpc) is 2.95. The number of esters is 1. The zero-order valence-corrected chi connectivity index (χ0v) is 21.6. The van der Waals surface area contributed by atoms with Gasteiger partial charge in [0.05, 0.1) is 7.11 Å².